The molecule has 0 bridgehead atoms. The van der Waals surface area contributed by atoms with Gasteiger partial charge in [-0.3, -0.25) is 14.3 Å². The number of rotatable bonds is 5. The Hall–Kier alpha value is -2.78. The Morgan fingerprint density at radius 1 is 1.23 bits per heavy atom. The number of hydrogen-bond donors (Lipinski definition) is 3. The Balaban J connectivity index is 1.84. The minimum atomic E-state index is -3.45. The van der Waals surface area contributed by atoms with Crippen LogP contribution in [0.4, 0.5) is 15.8 Å². The first-order valence-electron chi connectivity index (χ1n) is 7.53. The van der Waals surface area contributed by atoms with E-state index >= 15 is 0 Å². The third-order valence-electron chi connectivity index (χ3n) is 3.98. The van der Waals surface area contributed by atoms with Crippen LogP contribution in [0.25, 0.3) is 0 Å². The molecule has 1 unspecified atom stereocenters. The van der Waals surface area contributed by atoms with Crippen molar-refractivity contribution < 1.29 is 27.5 Å². The first-order valence-corrected chi connectivity index (χ1v) is 9.42. The van der Waals surface area contributed by atoms with Crippen molar-refractivity contribution in [2.45, 2.75) is 12.0 Å². The topological polar surface area (TPSA) is 113 Å². The molecule has 26 heavy (non-hydrogen) atoms. The molecule has 1 heterocycles. The molecule has 1 amide bonds. The van der Waals surface area contributed by atoms with Crippen LogP contribution in [0.15, 0.2) is 42.5 Å². The molecule has 0 saturated carbocycles. The molecule has 2 aromatic carbocycles. The van der Waals surface area contributed by atoms with Crippen molar-refractivity contribution in [2.24, 2.45) is 0 Å². The van der Waals surface area contributed by atoms with Gasteiger partial charge in [0.2, 0.25) is 10.0 Å². The fourth-order valence-corrected chi connectivity index (χ4v) is 3.33. The first kappa shape index (κ1) is 18.0. The van der Waals surface area contributed by atoms with Gasteiger partial charge in [-0.2, -0.15) is 0 Å². The second kappa shape index (κ2) is 6.19. The molecule has 136 valence electrons. The van der Waals surface area contributed by atoms with E-state index in [-0.39, 0.29) is 22.5 Å². The summed E-state index contributed by atoms with van der Waals surface area (Å²) in [4.78, 5) is 24.6. The molecule has 0 radical (unpaired) electrons. The molecule has 0 spiro atoms. The Labute approximate surface area is 148 Å². The minimum Gasteiger partial charge on any atom is -0.375 e. The number of Topliss-reactive ketones (excluding diaryl/α,β-unsaturated/α-hetero) is 1. The number of aliphatic hydroxyl groups is 1. The van der Waals surface area contributed by atoms with Crippen LogP contribution in [0, 0.1) is 5.82 Å². The van der Waals surface area contributed by atoms with Gasteiger partial charge in [-0.15, -0.1) is 0 Å². The summed E-state index contributed by atoms with van der Waals surface area (Å²) in [6.45, 7) is 0. The Kier molecular flexibility index (Phi) is 4.29. The summed E-state index contributed by atoms with van der Waals surface area (Å²) in [7, 11) is -3.45. The number of carbonyl (C=O) groups is 2. The molecule has 3 rings (SSSR count). The molecule has 1 aliphatic heterocycles. The van der Waals surface area contributed by atoms with Crippen molar-refractivity contribution >= 4 is 33.1 Å². The number of hydrogen-bond acceptors (Lipinski definition) is 5. The molecule has 7 nitrogen and oxygen atoms in total. The quantitative estimate of drug-likeness (QED) is 0.684. The van der Waals surface area contributed by atoms with Crippen molar-refractivity contribution in [3.05, 3.63) is 59.4 Å². The molecule has 9 heteroatoms. The summed E-state index contributed by atoms with van der Waals surface area (Å²) in [6, 6.07) is 8.99. The van der Waals surface area contributed by atoms with E-state index in [1.54, 1.807) is 0 Å². The van der Waals surface area contributed by atoms with Crippen LogP contribution in [0.1, 0.15) is 22.3 Å². The number of ketones is 1. The van der Waals surface area contributed by atoms with E-state index in [2.05, 4.69) is 10.0 Å². The number of nitrogens with one attached hydrogen (secondary N) is 2. The van der Waals surface area contributed by atoms with Crippen LogP contribution in [0.5, 0.6) is 0 Å². The van der Waals surface area contributed by atoms with E-state index in [0.29, 0.717) is 0 Å². The Morgan fingerprint density at radius 3 is 2.50 bits per heavy atom. The first-order chi connectivity index (χ1) is 12.1. The Morgan fingerprint density at radius 2 is 1.88 bits per heavy atom. The average Bonchev–Trinajstić information content (AvgIpc) is 2.78. The summed E-state index contributed by atoms with van der Waals surface area (Å²) < 4.78 is 38.1. The van der Waals surface area contributed by atoms with Crippen molar-refractivity contribution in [3.63, 3.8) is 0 Å². The number of carbonyl (C=O) groups excluding carboxylic acids is 2. The number of anilines is 2. The maximum absolute atomic E-state index is 13.5. The van der Waals surface area contributed by atoms with Crippen LogP contribution in [-0.4, -0.2) is 31.5 Å². The summed E-state index contributed by atoms with van der Waals surface area (Å²) in [5, 5.41) is 13.1. The van der Waals surface area contributed by atoms with Crippen LogP contribution in [-0.2, 0) is 20.4 Å². The van der Waals surface area contributed by atoms with E-state index in [9.17, 15) is 27.5 Å². The largest absolute Gasteiger partial charge is 0.375 e. The van der Waals surface area contributed by atoms with E-state index in [1.165, 1.54) is 30.3 Å². The predicted octanol–water partition coefficient (Wildman–Crippen LogP) is 1.61. The van der Waals surface area contributed by atoms with Gasteiger partial charge in [-0.1, -0.05) is 0 Å². The van der Waals surface area contributed by atoms with Gasteiger partial charge in [-0.25, -0.2) is 12.8 Å². The van der Waals surface area contributed by atoms with Gasteiger partial charge in [0.1, 0.15) is 5.82 Å². The highest BCUT2D eigenvalue weighted by molar-refractivity contribution is 7.92. The van der Waals surface area contributed by atoms with Crippen LogP contribution >= 0.6 is 0 Å². The zero-order valence-electron chi connectivity index (χ0n) is 13.6. The molecular weight excluding hydrogens is 363 g/mol. The zero-order chi connectivity index (χ0) is 19.1. The number of benzene rings is 2. The highest BCUT2D eigenvalue weighted by Crippen LogP contribution is 2.39. The number of fused-ring (bicyclic) bond motifs is 1. The normalized spacial score (nSPS) is 19.0. The SMILES string of the molecule is CS(=O)(=O)Nc1ccc(C(=O)CC2(O)C(=O)Nc3ccc(F)cc32)cc1. The smallest absolute Gasteiger partial charge is 0.261 e. The maximum atomic E-state index is 13.5. The van der Waals surface area contributed by atoms with Crippen LogP contribution in [0.3, 0.4) is 0 Å². The van der Waals surface area contributed by atoms with Gasteiger partial charge in [0, 0.05) is 22.5 Å². The molecular formula is C17H15FN2O5S. The van der Waals surface area contributed by atoms with Gasteiger partial charge in [0.15, 0.2) is 11.4 Å². The van der Waals surface area contributed by atoms with Crippen molar-refractivity contribution in [1.29, 1.82) is 0 Å². The van der Waals surface area contributed by atoms with Gasteiger partial charge in [0.25, 0.3) is 5.91 Å². The van der Waals surface area contributed by atoms with Gasteiger partial charge in [-0.05, 0) is 42.5 Å². The molecule has 1 aliphatic rings. The molecule has 2 aromatic rings. The molecule has 0 aromatic heterocycles. The van der Waals surface area contributed by atoms with Gasteiger partial charge >= 0.3 is 0 Å². The van der Waals surface area contributed by atoms with E-state index in [4.69, 9.17) is 0 Å². The van der Waals surface area contributed by atoms with Crippen molar-refractivity contribution in [1.82, 2.24) is 0 Å². The number of amides is 1. The van der Waals surface area contributed by atoms with Crippen LogP contribution < -0.4 is 10.0 Å². The molecule has 0 aliphatic carbocycles. The number of halogens is 1. The third-order valence-corrected chi connectivity index (χ3v) is 4.58. The standard InChI is InChI=1S/C17H15FN2O5S/c1-26(24,25)20-12-5-2-10(3-6-12)15(21)9-17(23)13-8-11(18)4-7-14(13)19-16(17)22/h2-8,20,23H,9H2,1H3,(H,19,22). The zero-order valence-corrected chi connectivity index (χ0v) is 14.4. The summed E-state index contributed by atoms with van der Waals surface area (Å²) >= 11 is 0. The molecule has 0 fully saturated rings. The summed E-state index contributed by atoms with van der Waals surface area (Å²) in [6.07, 6.45) is 0.422. The van der Waals surface area contributed by atoms with Crippen molar-refractivity contribution in [2.75, 3.05) is 16.3 Å². The molecule has 0 saturated heterocycles. The van der Waals surface area contributed by atoms with Gasteiger partial charge in [0.05, 0.1) is 12.7 Å². The third kappa shape index (κ3) is 3.44. The molecule has 3 N–H and O–H groups in total. The van der Waals surface area contributed by atoms with E-state index in [0.717, 1.165) is 18.4 Å². The van der Waals surface area contributed by atoms with E-state index < -0.39 is 39.6 Å². The Bertz CT molecular complexity index is 1000. The lowest BCUT2D eigenvalue weighted by Crippen LogP contribution is -2.36. The highest BCUT2D eigenvalue weighted by atomic mass is 32.2. The average molecular weight is 378 g/mol. The van der Waals surface area contributed by atoms with Crippen molar-refractivity contribution in [3.8, 4) is 0 Å². The van der Waals surface area contributed by atoms with E-state index in [1.807, 2.05) is 0 Å². The lowest BCUT2D eigenvalue weighted by atomic mass is 9.88. The fourth-order valence-electron chi connectivity index (χ4n) is 2.76. The second-order valence-electron chi connectivity index (χ2n) is 6.06. The maximum Gasteiger partial charge on any atom is 0.261 e. The predicted molar refractivity (Wildman–Crippen MR) is 92.8 cm³/mol. The molecule has 1 atom stereocenters. The lowest BCUT2D eigenvalue weighted by molar-refractivity contribution is -0.133. The summed E-state index contributed by atoms with van der Waals surface area (Å²) in [5.74, 6) is -1.99. The minimum absolute atomic E-state index is 0.00575. The second-order valence-corrected chi connectivity index (χ2v) is 7.80. The highest BCUT2D eigenvalue weighted by Gasteiger charge is 2.47. The van der Waals surface area contributed by atoms with Crippen LogP contribution in [0.2, 0.25) is 0 Å². The lowest BCUT2D eigenvalue weighted by Gasteiger charge is -2.20. The van der Waals surface area contributed by atoms with Gasteiger partial charge < -0.3 is 10.4 Å². The fraction of sp³-hybridized carbons (Fsp3) is 0.176. The monoisotopic (exact) mass is 378 g/mol. The number of sulfonamides is 1. The summed E-state index contributed by atoms with van der Waals surface area (Å²) in [5.41, 5.74) is -1.47.